The molecule has 0 aromatic heterocycles. The van der Waals surface area contributed by atoms with Crippen LogP contribution >= 0.6 is 0 Å². The van der Waals surface area contributed by atoms with Gasteiger partial charge in [-0.2, -0.15) is 0 Å². The summed E-state index contributed by atoms with van der Waals surface area (Å²) in [6.45, 7) is 13.2. The van der Waals surface area contributed by atoms with Crippen LogP contribution in [0.1, 0.15) is 41.5 Å². The van der Waals surface area contributed by atoms with Gasteiger partial charge in [0.2, 0.25) is 0 Å². The summed E-state index contributed by atoms with van der Waals surface area (Å²) in [5.41, 5.74) is 0. The average Bonchev–Trinajstić information content (AvgIpc) is 3.44. The Balaban J connectivity index is 0.000000142. The maximum atomic E-state index is 2.27. The SMILES string of the molecule is CC(C)N1[B]N(C(C)C)[B]N(C(C)C)[B]1.c1cc[c]([Ge]([c]2ccccc2)[c]2ccccc2)cc1.c1cc[c]([Ge]([c]2ccccc2)[c]2ccccc2)cc1.c1cc[c]([Ge]([c]2ccccc2)[c]2ccccc2)cc1. The van der Waals surface area contributed by atoms with E-state index >= 15 is 0 Å². The van der Waals surface area contributed by atoms with E-state index in [-0.39, 0.29) is 0 Å². The fraction of sp³-hybridized carbons (Fsp3) is 0.143. The zero-order valence-corrected chi connectivity index (χ0v) is 49.1. The topological polar surface area (TPSA) is 9.72 Å². The molecule has 10 rings (SSSR count). The Kier molecular flexibility index (Phi) is 22.2. The zero-order chi connectivity index (χ0) is 50.3. The molecule has 9 heteroatoms. The van der Waals surface area contributed by atoms with E-state index in [1.54, 1.807) is 0 Å². The summed E-state index contributed by atoms with van der Waals surface area (Å²) in [7, 11) is 6.52. The molecular weight excluding hydrogens is 1050 g/mol. The molecule has 3 nitrogen and oxygen atoms in total. The summed E-state index contributed by atoms with van der Waals surface area (Å²) < 4.78 is 20.2. The molecule has 1 saturated heterocycles. The van der Waals surface area contributed by atoms with Gasteiger partial charge in [-0.05, 0) is 18.1 Å². The quantitative estimate of drug-likeness (QED) is 0.119. The third-order valence-electron chi connectivity index (χ3n) is 12.2. The summed E-state index contributed by atoms with van der Waals surface area (Å²) >= 11 is -4.90. The van der Waals surface area contributed by atoms with Crippen molar-refractivity contribution in [1.82, 2.24) is 14.2 Å². The predicted molar refractivity (Wildman–Crippen MR) is 320 cm³/mol. The van der Waals surface area contributed by atoms with Crippen LogP contribution in [0.5, 0.6) is 0 Å². The van der Waals surface area contributed by atoms with E-state index in [0.29, 0.717) is 18.1 Å². The molecule has 0 aliphatic carbocycles. The molecule has 1 fully saturated rings. The van der Waals surface area contributed by atoms with Crippen molar-refractivity contribution in [2.75, 3.05) is 0 Å². The van der Waals surface area contributed by atoms with Gasteiger partial charge in [-0.3, -0.25) is 0 Å². The summed E-state index contributed by atoms with van der Waals surface area (Å²) in [5, 5.41) is 0. The minimum absolute atomic E-state index is 0.501. The summed E-state index contributed by atoms with van der Waals surface area (Å²) in [6, 6.07) is 99.9. The molecule has 72 heavy (non-hydrogen) atoms. The fourth-order valence-electron chi connectivity index (χ4n) is 8.29. The first-order valence-electron chi connectivity index (χ1n) is 25.2. The fourth-order valence-corrected chi connectivity index (χ4v) is 24.5. The molecular formula is C63H66B3Ge3N3. The molecule has 1 heterocycles. The van der Waals surface area contributed by atoms with Gasteiger partial charge in [0.15, 0.2) is 0 Å². The Morgan fingerprint density at radius 1 is 0.208 bits per heavy atom. The van der Waals surface area contributed by atoms with Crippen LogP contribution in [0.2, 0.25) is 0 Å². The van der Waals surface area contributed by atoms with Gasteiger partial charge in [0.1, 0.15) is 0 Å². The molecule has 9 aromatic rings. The molecule has 0 spiro atoms. The van der Waals surface area contributed by atoms with Crippen molar-refractivity contribution in [2.45, 2.75) is 59.7 Å². The molecule has 1 aliphatic rings. The molecule has 0 amide bonds. The number of hydrogen-bond donors (Lipinski definition) is 0. The molecule has 1 aliphatic heterocycles. The van der Waals surface area contributed by atoms with Gasteiger partial charge in [0.25, 0.3) is 22.6 Å². The maximum absolute atomic E-state index is 2.27. The van der Waals surface area contributed by atoms with Crippen LogP contribution < -0.4 is 39.6 Å². The van der Waals surface area contributed by atoms with E-state index in [0.717, 1.165) is 0 Å². The van der Waals surface area contributed by atoms with Crippen LogP contribution in [0.3, 0.4) is 0 Å². The molecule has 6 radical (unpaired) electrons. The van der Waals surface area contributed by atoms with Gasteiger partial charge in [-0.15, -0.1) is 0 Å². The third-order valence-corrected chi connectivity index (χ3v) is 29.3. The predicted octanol–water partition coefficient (Wildman–Crippen LogP) is 7.34. The Hall–Kier alpha value is -5.32. The van der Waals surface area contributed by atoms with E-state index in [1.165, 1.54) is 39.6 Å². The first-order chi connectivity index (χ1) is 35.3. The Labute approximate surface area is 448 Å². The van der Waals surface area contributed by atoms with Crippen LogP contribution in [-0.2, 0) is 0 Å². The van der Waals surface area contributed by atoms with Gasteiger partial charge in [0.05, 0.1) is 0 Å². The van der Waals surface area contributed by atoms with Gasteiger partial charge in [-0.25, -0.2) is 0 Å². The van der Waals surface area contributed by atoms with Crippen molar-refractivity contribution >= 4 is 105 Å². The van der Waals surface area contributed by atoms with Crippen LogP contribution in [-0.4, -0.2) is 98.0 Å². The van der Waals surface area contributed by atoms with Crippen LogP contribution in [0, 0.1) is 0 Å². The Morgan fingerprint density at radius 2 is 0.319 bits per heavy atom. The van der Waals surface area contributed by atoms with E-state index in [1.807, 2.05) is 0 Å². The van der Waals surface area contributed by atoms with Crippen LogP contribution in [0.15, 0.2) is 273 Å². The van der Waals surface area contributed by atoms with Crippen molar-refractivity contribution < 1.29 is 0 Å². The molecule has 354 valence electrons. The number of hydrogen-bond acceptors (Lipinski definition) is 3. The van der Waals surface area contributed by atoms with E-state index in [2.05, 4.69) is 351 Å². The van der Waals surface area contributed by atoms with Gasteiger partial charge < -0.3 is 14.2 Å². The molecule has 0 unspecified atom stereocenters. The monoisotopic (exact) mass is 1120 g/mol. The second-order valence-electron chi connectivity index (χ2n) is 18.4. The van der Waals surface area contributed by atoms with Gasteiger partial charge in [-0.1, -0.05) is 41.5 Å². The molecule has 9 aromatic carbocycles. The first kappa shape index (κ1) is 54.5. The van der Waals surface area contributed by atoms with Gasteiger partial charge in [0, 0.05) is 0 Å². The summed E-state index contributed by atoms with van der Waals surface area (Å²) in [6.07, 6.45) is 0. The minimum atomic E-state index is -1.63. The van der Waals surface area contributed by atoms with Crippen LogP contribution in [0.25, 0.3) is 0 Å². The normalized spacial score (nSPS) is 12.7. The second-order valence-corrected chi connectivity index (χ2v) is 34.0. The van der Waals surface area contributed by atoms with E-state index in [9.17, 15) is 0 Å². The Morgan fingerprint density at radius 3 is 0.417 bits per heavy atom. The number of rotatable bonds is 12. The summed E-state index contributed by atoms with van der Waals surface area (Å²) in [4.78, 5) is 0. The zero-order valence-electron chi connectivity index (χ0n) is 42.8. The second kappa shape index (κ2) is 29.4. The standard InChI is InChI=1S/3C18H15Ge.C9H21B3N3/c3*1-4-10-16(11-5-1)19(17-12-6-2-7-13-17)18-14-8-3-9-15-18;1-7(2)13-10-14(8(3)4)12-15(11-13)9(5)6/h3*1-15H;7-9H,1-6H3. The van der Waals surface area contributed by atoms with Crippen molar-refractivity contribution in [3.05, 3.63) is 273 Å². The van der Waals surface area contributed by atoms with Crippen molar-refractivity contribution in [1.29, 1.82) is 0 Å². The molecule has 0 bridgehead atoms. The molecule has 0 atom stereocenters. The third kappa shape index (κ3) is 16.3. The van der Waals surface area contributed by atoms with Gasteiger partial charge >= 0.3 is 356 Å². The Bertz CT molecular complexity index is 2220. The average molecular weight is 1120 g/mol. The van der Waals surface area contributed by atoms with Crippen molar-refractivity contribution in [3.63, 3.8) is 0 Å². The molecule has 0 N–H and O–H groups in total. The van der Waals surface area contributed by atoms with Crippen molar-refractivity contribution in [2.24, 2.45) is 0 Å². The molecule has 0 saturated carbocycles. The van der Waals surface area contributed by atoms with E-state index in [4.69, 9.17) is 0 Å². The number of benzene rings is 9. The van der Waals surface area contributed by atoms with Crippen molar-refractivity contribution in [3.8, 4) is 0 Å². The van der Waals surface area contributed by atoms with E-state index < -0.39 is 43.0 Å². The first-order valence-corrected chi connectivity index (χ1v) is 34.7. The van der Waals surface area contributed by atoms with Crippen LogP contribution in [0.4, 0.5) is 0 Å². The summed E-state index contributed by atoms with van der Waals surface area (Å²) in [5.74, 6) is 0. The number of nitrogens with zero attached hydrogens (tertiary/aromatic N) is 3.